The predicted octanol–water partition coefficient (Wildman–Crippen LogP) is 2.14. The molecular weight excluding hydrogens is 296 g/mol. The minimum Gasteiger partial charge on any atom is -0.465 e. The second kappa shape index (κ2) is 8.25. The highest BCUT2D eigenvalue weighted by atomic mass is 32.2. The Labute approximate surface area is 126 Å². The molecular formula is C13H16N2O5S. The number of nitrogens with one attached hydrogen (secondary N) is 1. The number of benzene rings is 1. The summed E-state index contributed by atoms with van der Waals surface area (Å²) in [6.07, 6.45) is 0. The topological polar surface area (TPSA) is 98.5 Å². The van der Waals surface area contributed by atoms with Crippen molar-refractivity contribution < 1.29 is 19.2 Å². The highest BCUT2D eigenvalue weighted by Crippen LogP contribution is 2.27. The van der Waals surface area contributed by atoms with Gasteiger partial charge >= 0.3 is 5.97 Å². The number of hydrogen-bond donors (Lipinski definition) is 1. The average Bonchev–Trinajstić information content (AvgIpc) is 2.41. The number of thioether (sulfide) groups is 1. The number of nitro benzene ring substituents is 1. The van der Waals surface area contributed by atoms with Gasteiger partial charge in [-0.3, -0.25) is 19.7 Å². The van der Waals surface area contributed by atoms with Crippen molar-refractivity contribution >= 4 is 35.0 Å². The molecule has 0 aliphatic heterocycles. The van der Waals surface area contributed by atoms with E-state index in [2.05, 4.69) is 5.32 Å². The van der Waals surface area contributed by atoms with E-state index >= 15 is 0 Å². The summed E-state index contributed by atoms with van der Waals surface area (Å²) in [5.41, 5.74) is 0.635. The van der Waals surface area contributed by atoms with Crippen LogP contribution in [-0.2, 0) is 14.3 Å². The van der Waals surface area contributed by atoms with Gasteiger partial charge in [0.25, 0.3) is 5.69 Å². The molecule has 1 aromatic rings. The number of carbonyl (C=O) groups excluding carboxylic acids is 2. The molecule has 0 aliphatic carbocycles. The van der Waals surface area contributed by atoms with Crippen LogP contribution in [0.4, 0.5) is 11.4 Å². The molecule has 0 radical (unpaired) electrons. The molecule has 0 heterocycles. The van der Waals surface area contributed by atoms with E-state index in [1.54, 1.807) is 26.0 Å². The third-order valence-electron chi connectivity index (χ3n) is 2.47. The molecule has 0 saturated heterocycles. The second-order valence-electron chi connectivity index (χ2n) is 4.07. The molecule has 21 heavy (non-hydrogen) atoms. The first-order valence-electron chi connectivity index (χ1n) is 6.23. The summed E-state index contributed by atoms with van der Waals surface area (Å²) in [5.74, 6) is -0.708. The van der Waals surface area contributed by atoms with E-state index in [0.29, 0.717) is 12.2 Å². The van der Waals surface area contributed by atoms with E-state index < -0.39 is 16.8 Å². The number of carbonyl (C=O) groups is 2. The zero-order valence-electron chi connectivity index (χ0n) is 11.8. The lowest BCUT2D eigenvalue weighted by Gasteiger charge is -2.08. The Morgan fingerprint density at radius 2 is 2.10 bits per heavy atom. The quantitative estimate of drug-likeness (QED) is 0.470. The molecule has 1 rings (SSSR count). The van der Waals surface area contributed by atoms with Crippen molar-refractivity contribution in [3.63, 3.8) is 0 Å². The third-order valence-corrected chi connectivity index (χ3v) is 3.38. The molecule has 0 aromatic heterocycles. The minimum atomic E-state index is -0.547. The van der Waals surface area contributed by atoms with Crippen LogP contribution in [0.3, 0.4) is 0 Å². The molecule has 0 aliphatic rings. The Bertz CT molecular complexity index is 547. The van der Waals surface area contributed by atoms with Crippen LogP contribution < -0.4 is 5.32 Å². The van der Waals surface area contributed by atoms with Gasteiger partial charge in [0, 0.05) is 6.07 Å². The largest absolute Gasteiger partial charge is 0.465 e. The molecule has 0 fully saturated rings. The van der Waals surface area contributed by atoms with Crippen LogP contribution in [0.1, 0.15) is 12.5 Å². The van der Waals surface area contributed by atoms with E-state index in [1.165, 1.54) is 6.07 Å². The van der Waals surface area contributed by atoms with Crippen molar-refractivity contribution in [3.05, 3.63) is 33.9 Å². The van der Waals surface area contributed by atoms with Gasteiger partial charge in [-0.2, -0.15) is 0 Å². The Morgan fingerprint density at radius 3 is 2.71 bits per heavy atom. The van der Waals surface area contributed by atoms with Crippen molar-refractivity contribution in [2.24, 2.45) is 0 Å². The number of nitrogens with zero attached hydrogens (tertiary/aromatic N) is 1. The Balaban J connectivity index is 2.59. The lowest BCUT2D eigenvalue weighted by Crippen LogP contribution is -2.17. The maximum absolute atomic E-state index is 11.8. The van der Waals surface area contributed by atoms with Crippen molar-refractivity contribution in [1.29, 1.82) is 0 Å². The van der Waals surface area contributed by atoms with Crippen molar-refractivity contribution in [3.8, 4) is 0 Å². The summed E-state index contributed by atoms with van der Waals surface area (Å²) >= 11 is 1.09. The fourth-order valence-corrected chi connectivity index (χ4v) is 2.18. The second-order valence-corrected chi connectivity index (χ2v) is 5.06. The number of anilines is 1. The third kappa shape index (κ3) is 5.42. The summed E-state index contributed by atoms with van der Waals surface area (Å²) < 4.78 is 4.73. The van der Waals surface area contributed by atoms with Crippen LogP contribution in [0.25, 0.3) is 0 Å². The number of aryl methyl sites for hydroxylation is 1. The van der Waals surface area contributed by atoms with Crippen molar-refractivity contribution in [2.75, 3.05) is 23.4 Å². The maximum Gasteiger partial charge on any atom is 0.315 e. The van der Waals surface area contributed by atoms with Gasteiger partial charge in [0.05, 0.1) is 23.0 Å². The molecule has 0 bridgehead atoms. The molecule has 1 amide bonds. The number of ether oxygens (including phenoxy) is 1. The number of nitro groups is 1. The molecule has 1 aromatic carbocycles. The molecule has 8 heteroatoms. The number of para-hydroxylation sites is 1. The summed E-state index contributed by atoms with van der Waals surface area (Å²) in [6, 6.07) is 4.56. The van der Waals surface area contributed by atoms with Gasteiger partial charge in [-0.1, -0.05) is 12.1 Å². The number of rotatable bonds is 7. The standard InChI is InChI=1S/C13H16N2O5S/c1-3-20-12(17)8-21-7-11(16)14-13-9(2)5-4-6-10(13)15(18)19/h4-6H,3,7-8H2,1-2H3,(H,14,16). The first kappa shape index (κ1) is 17.0. The van der Waals surface area contributed by atoms with Crippen molar-refractivity contribution in [2.45, 2.75) is 13.8 Å². The summed E-state index contributed by atoms with van der Waals surface area (Å²) in [6.45, 7) is 3.67. The zero-order valence-corrected chi connectivity index (χ0v) is 12.6. The van der Waals surface area contributed by atoms with Gasteiger partial charge in [0.1, 0.15) is 5.69 Å². The van der Waals surface area contributed by atoms with Crippen molar-refractivity contribution in [1.82, 2.24) is 0 Å². The van der Waals surface area contributed by atoms with Crippen LogP contribution >= 0.6 is 11.8 Å². The van der Waals surface area contributed by atoms with Gasteiger partial charge in [-0.05, 0) is 19.4 Å². The highest BCUT2D eigenvalue weighted by Gasteiger charge is 2.17. The fourth-order valence-electron chi connectivity index (χ4n) is 1.57. The molecule has 0 saturated carbocycles. The Hall–Kier alpha value is -2.09. The van der Waals surface area contributed by atoms with E-state index in [0.717, 1.165) is 11.8 Å². The van der Waals surface area contributed by atoms with Gasteiger partial charge in [0.2, 0.25) is 5.91 Å². The van der Waals surface area contributed by atoms with E-state index in [4.69, 9.17) is 4.74 Å². The van der Waals surface area contributed by atoms with Gasteiger partial charge in [-0.15, -0.1) is 11.8 Å². The normalized spacial score (nSPS) is 10.0. The van der Waals surface area contributed by atoms with Gasteiger partial charge in [-0.25, -0.2) is 0 Å². The van der Waals surface area contributed by atoms with Gasteiger partial charge in [0.15, 0.2) is 0 Å². The summed E-state index contributed by atoms with van der Waals surface area (Å²) in [5, 5.41) is 13.4. The predicted molar refractivity (Wildman–Crippen MR) is 80.4 cm³/mol. The summed E-state index contributed by atoms with van der Waals surface area (Å²) in [7, 11) is 0. The average molecular weight is 312 g/mol. The first-order chi connectivity index (χ1) is 9.95. The highest BCUT2D eigenvalue weighted by molar-refractivity contribution is 8.00. The monoisotopic (exact) mass is 312 g/mol. The first-order valence-corrected chi connectivity index (χ1v) is 7.38. The Kier molecular flexibility index (Phi) is 6.67. The van der Waals surface area contributed by atoms with Crippen LogP contribution in [0.15, 0.2) is 18.2 Å². The number of hydrogen-bond acceptors (Lipinski definition) is 6. The minimum absolute atomic E-state index is 0.0182. The van der Waals surface area contributed by atoms with Crippen LogP contribution in [0.2, 0.25) is 0 Å². The fraction of sp³-hybridized carbons (Fsp3) is 0.385. The molecule has 1 N–H and O–H groups in total. The van der Waals surface area contributed by atoms with Crippen LogP contribution in [0.5, 0.6) is 0 Å². The number of esters is 1. The lowest BCUT2D eigenvalue weighted by atomic mass is 10.1. The maximum atomic E-state index is 11.8. The van der Waals surface area contributed by atoms with E-state index in [9.17, 15) is 19.7 Å². The zero-order chi connectivity index (χ0) is 15.8. The van der Waals surface area contributed by atoms with Crippen LogP contribution in [-0.4, -0.2) is 34.9 Å². The van der Waals surface area contributed by atoms with Crippen LogP contribution in [0, 0.1) is 17.0 Å². The number of amides is 1. The Morgan fingerprint density at radius 1 is 1.38 bits per heavy atom. The molecule has 7 nitrogen and oxygen atoms in total. The van der Waals surface area contributed by atoms with E-state index in [-0.39, 0.29) is 22.9 Å². The van der Waals surface area contributed by atoms with Gasteiger partial charge < -0.3 is 10.1 Å². The smallest absolute Gasteiger partial charge is 0.315 e. The molecule has 0 spiro atoms. The lowest BCUT2D eigenvalue weighted by molar-refractivity contribution is -0.384. The molecule has 0 unspecified atom stereocenters. The SMILES string of the molecule is CCOC(=O)CSCC(=O)Nc1c(C)cccc1[N+](=O)[O-]. The summed E-state index contributed by atoms with van der Waals surface area (Å²) in [4.78, 5) is 33.3. The van der Waals surface area contributed by atoms with E-state index in [1.807, 2.05) is 0 Å². The molecule has 114 valence electrons. The molecule has 0 atom stereocenters.